The molecule has 0 radical (unpaired) electrons. The lowest BCUT2D eigenvalue weighted by Gasteiger charge is -1.93. The molecule has 0 fully saturated rings. The molecule has 0 bridgehead atoms. The van der Waals surface area contributed by atoms with Crippen molar-refractivity contribution >= 4 is 6.08 Å². The molecule has 0 aliphatic rings. The molecule has 3 nitrogen and oxygen atoms in total. The zero-order valence-electron chi connectivity index (χ0n) is 7.07. The minimum Gasteiger partial charge on any atom is -0.272 e. The highest BCUT2D eigenvalue weighted by Gasteiger charge is 1.92. The molecule has 1 rings (SSSR count). The van der Waals surface area contributed by atoms with E-state index in [9.17, 15) is 0 Å². The highest BCUT2D eigenvalue weighted by molar-refractivity contribution is 5.49. The van der Waals surface area contributed by atoms with Crippen molar-refractivity contribution < 1.29 is 0 Å². The van der Waals surface area contributed by atoms with Crippen LogP contribution in [-0.2, 0) is 6.54 Å². The van der Waals surface area contributed by atoms with Crippen LogP contribution in [0.25, 0.3) is 6.08 Å². The lowest BCUT2D eigenvalue weighted by molar-refractivity contribution is 0.602. The molecular formula is C9H11N3. The Morgan fingerprint density at radius 2 is 2.58 bits per heavy atom. The topological polar surface area (TPSA) is 41.6 Å². The van der Waals surface area contributed by atoms with Crippen LogP contribution in [0, 0.1) is 11.3 Å². The van der Waals surface area contributed by atoms with E-state index < -0.39 is 0 Å². The van der Waals surface area contributed by atoms with Crippen LogP contribution >= 0.6 is 0 Å². The molecular weight excluding hydrogens is 150 g/mol. The lowest BCUT2D eigenvalue weighted by atomic mass is 10.3. The Labute approximate surface area is 71.9 Å². The van der Waals surface area contributed by atoms with Gasteiger partial charge >= 0.3 is 0 Å². The zero-order chi connectivity index (χ0) is 8.81. The summed E-state index contributed by atoms with van der Waals surface area (Å²) in [6, 6.07) is 1.94. The van der Waals surface area contributed by atoms with Crippen molar-refractivity contribution in [2.24, 2.45) is 0 Å². The minimum atomic E-state index is 0.931. The molecule has 0 spiro atoms. The molecule has 1 aromatic rings. The van der Waals surface area contributed by atoms with Gasteiger partial charge in [0.15, 0.2) is 0 Å². The predicted octanol–water partition coefficient (Wildman–Crippen LogP) is 1.83. The first kappa shape index (κ1) is 8.54. The third kappa shape index (κ3) is 2.24. The SMILES string of the molecule is CCCn1cc(/C=C/C#N)cn1. The first-order valence-electron chi connectivity index (χ1n) is 3.95. The molecule has 0 aliphatic heterocycles. The van der Waals surface area contributed by atoms with Crippen LogP contribution in [0.2, 0.25) is 0 Å². The van der Waals surface area contributed by atoms with Crippen molar-refractivity contribution in [3.63, 3.8) is 0 Å². The van der Waals surface area contributed by atoms with Crippen molar-refractivity contribution in [2.75, 3.05) is 0 Å². The molecule has 12 heavy (non-hydrogen) atoms. The summed E-state index contributed by atoms with van der Waals surface area (Å²) in [6.07, 6.45) is 7.95. The van der Waals surface area contributed by atoms with Gasteiger partial charge in [-0.05, 0) is 12.5 Å². The maximum atomic E-state index is 8.27. The van der Waals surface area contributed by atoms with E-state index in [1.807, 2.05) is 16.9 Å². The van der Waals surface area contributed by atoms with Crippen LogP contribution in [0.15, 0.2) is 18.5 Å². The summed E-state index contributed by atoms with van der Waals surface area (Å²) in [7, 11) is 0. The summed E-state index contributed by atoms with van der Waals surface area (Å²) in [6.45, 7) is 3.03. The number of aryl methyl sites for hydroxylation is 1. The molecule has 1 aromatic heterocycles. The second-order valence-electron chi connectivity index (χ2n) is 2.50. The van der Waals surface area contributed by atoms with Crippen LogP contribution in [0.3, 0.4) is 0 Å². The molecule has 3 heteroatoms. The predicted molar refractivity (Wildman–Crippen MR) is 47.2 cm³/mol. The second-order valence-corrected chi connectivity index (χ2v) is 2.50. The van der Waals surface area contributed by atoms with Crippen LogP contribution in [0.5, 0.6) is 0 Å². The van der Waals surface area contributed by atoms with E-state index in [4.69, 9.17) is 5.26 Å². The molecule has 0 N–H and O–H groups in total. The average molecular weight is 161 g/mol. The van der Waals surface area contributed by atoms with Gasteiger partial charge < -0.3 is 0 Å². The first-order chi connectivity index (χ1) is 5.86. The van der Waals surface area contributed by atoms with E-state index in [2.05, 4.69) is 12.0 Å². The Kier molecular flexibility index (Phi) is 3.09. The highest BCUT2D eigenvalue weighted by atomic mass is 15.3. The molecule has 1 heterocycles. The Morgan fingerprint density at radius 1 is 1.75 bits per heavy atom. The van der Waals surface area contributed by atoms with Gasteiger partial charge in [-0.15, -0.1) is 0 Å². The van der Waals surface area contributed by atoms with Gasteiger partial charge in [-0.2, -0.15) is 10.4 Å². The summed E-state index contributed by atoms with van der Waals surface area (Å²) in [5, 5.41) is 12.4. The summed E-state index contributed by atoms with van der Waals surface area (Å²) in [5.41, 5.74) is 0.977. The third-order valence-corrected chi connectivity index (χ3v) is 1.46. The van der Waals surface area contributed by atoms with Gasteiger partial charge in [-0.25, -0.2) is 0 Å². The Morgan fingerprint density at radius 3 is 3.25 bits per heavy atom. The Hall–Kier alpha value is -1.56. The Balaban J connectivity index is 2.65. The fraction of sp³-hybridized carbons (Fsp3) is 0.333. The number of nitrogens with zero attached hydrogens (tertiary/aromatic N) is 3. The monoisotopic (exact) mass is 161 g/mol. The normalized spacial score (nSPS) is 10.3. The van der Waals surface area contributed by atoms with E-state index in [1.54, 1.807) is 12.3 Å². The average Bonchev–Trinajstić information content (AvgIpc) is 2.50. The largest absolute Gasteiger partial charge is 0.272 e. The highest BCUT2D eigenvalue weighted by Crippen LogP contribution is 2.00. The van der Waals surface area contributed by atoms with E-state index in [0.29, 0.717) is 0 Å². The fourth-order valence-corrected chi connectivity index (χ4v) is 0.951. The van der Waals surface area contributed by atoms with Crippen LogP contribution in [-0.4, -0.2) is 9.78 Å². The summed E-state index contributed by atoms with van der Waals surface area (Å²) >= 11 is 0. The van der Waals surface area contributed by atoms with Crippen LogP contribution in [0.1, 0.15) is 18.9 Å². The molecule has 62 valence electrons. The van der Waals surface area contributed by atoms with Crippen molar-refractivity contribution in [3.05, 3.63) is 24.0 Å². The molecule has 0 saturated heterocycles. The smallest absolute Gasteiger partial charge is 0.0912 e. The van der Waals surface area contributed by atoms with Gasteiger partial charge in [-0.1, -0.05) is 6.92 Å². The lowest BCUT2D eigenvalue weighted by Crippen LogP contribution is -1.95. The second kappa shape index (κ2) is 4.35. The number of rotatable bonds is 3. The summed E-state index contributed by atoms with van der Waals surface area (Å²) in [5.74, 6) is 0. The molecule has 0 amide bonds. The van der Waals surface area contributed by atoms with Gasteiger partial charge in [-0.3, -0.25) is 4.68 Å². The van der Waals surface area contributed by atoms with E-state index in [-0.39, 0.29) is 0 Å². The minimum absolute atomic E-state index is 0.931. The summed E-state index contributed by atoms with van der Waals surface area (Å²) < 4.78 is 1.87. The first-order valence-corrected chi connectivity index (χ1v) is 3.95. The number of hydrogen-bond acceptors (Lipinski definition) is 2. The summed E-state index contributed by atoms with van der Waals surface area (Å²) in [4.78, 5) is 0. The third-order valence-electron chi connectivity index (χ3n) is 1.46. The van der Waals surface area contributed by atoms with Crippen molar-refractivity contribution in [2.45, 2.75) is 19.9 Å². The van der Waals surface area contributed by atoms with Gasteiger partial charge in [0.25, 0.3) is 0 Å². The fourth-order valence-electron chi connectivity index (χ4n) is 0.951. The molecule has 0 saturated carbocycles. The zero-order valence-corrected chi connectivity index (χ0v) is 7.07. The van der Waals surface area contributed by atoms with Crippen molar-refractivity contribution in [3.8, 4) is 6.07 Å². The van der Waals surface area contributed by atoms with Crippen LogP contribution in [0.4, 0.5) is 0 Å². The van der Waals surface area contributed by atoms with Crippen molar-refractivity contribution in [1.29, 1.82) is 5.26 Å². The maximum absolute atomic E-state index is 8.27. The molecule has 0 aromatic carbocycles. The molecule has 0 unspecified atom stereocenters. The number of nitriles is 1. The Bertz CT molecular complexity index is 304. The molecule has 0 atom stereocenters. The maximum Gasteiger partial charge on any atom is 0.0912 e. The van der Waals surface area contributed by atoms with Gasteiger partial charge in [0, 0.05) is 24.4 Å². The van der Waals surface area contributed by atoms with E-state index in [1.165, 1.54) is 6.08 Å². The van der Waals surface area contributed by atoms with E-state index in [0.717, 1.165) is 18.5 Å². The van der Waals surface area contributed by atoms with Gasteiger partial charge in [0.2, 0.25) is 0 Å². The molecule has 0 aliphatic carbocycles. The van der Waals surface area contributed by atoms with Gasteiger partial charge in [0.05, 0.1) is 12.3 Å². The quantitative estimate of drug-likeness (QED) is 0.634. The number of aromatic nitrogens is 2. The van der Waals surface area contributed by atoms with E-state index >= 15 is 0 Å². The van der Waals surface area contributed by atoms with Crippen molar-refractivity contribution in [1.82, 2.24) is 9.78 Å². The standard InChI is InChI=1S/C9H11N3/c1-2-6-12-8-9(7-11-12)4-3-5-10/h3-4,7-8H,2,6H2,1H3/b4-3+. The van der Waals surface area contributed by atoms with Gasteiger partial charge in [0.1, 0.15) is 0 Å². The number of hydrogen-bond donors (Lipinski definition) is 0. The van der Waals surface area contributed by atoms with Crippen LogP contribution < -0.4 is 0 Å². The number of allylic oxidation sites excluding steroid dienone is 1.